The molecule has 2 rings (SSSR count). The van der Waals surface area contributed by atoms with Gasteiger partial charge in [0, 0.05) is 13.5 Å². The molecule has 1 aromatic rings. The summed E-state index contributed by atoms with van der Waals surface area (Å²) in [7, 11) is 1.48. The van der Waals surface area contributed by atoms with Crippen molar-refractivity contribution in [2.75, 3.05) is 20.3 Å². The molecule has 0 saturated heterocycles. The van der Waals surface area contributed by atoms with E-state index in [1.807, 2.05) is 18.2 Å². The van der Waals surface area contributed by atoms with Gasteiger partial charge in [0.2, 0.25) is 0 Å². The van der Waals surface area contributed by atoms with E-state index in [9.17, 15) is 4.79 Å². The monoisotopic (exact) mass is 265 g/mol. The summed E-state index contributed by atoms with van der Waals surface area (Å²) in [4.78, 5) is 11.6. The average molecular weight is 265 g/mol. The summed E-state index contributed by atoms with van der Waals surface area (Å²) in [5.41, 5.74) is 6.74. The highest BCUT2D eigenvalue weighted by molar-refractivity contribution is 5.81. The first-order valence-corrected chi connectivity index (χ1v) is 6.24. The zero-order valence-electron chi connectivity index (χ0n) is 11.0. The van der Waals surface area contributed by atoms with Crippen molar-refractivity contribution in [2.45, 2.75) is 18.9 Å². The molecule has 0 bridgehead atoms. The third-order valence-corrected chi connectivity index (χ3v) is 2.93. The first-order chi connectivity index (χ1) is 9.08. The second kappa shape index (κ2) is 5.90. The van der Waals surface area contributed by atoms with Crippen LogP contribution in [0.2, 0.25) is 0 Å². The van der Waals surface area contributed by atoms with Gasteiger partial charge in [-0.15, -0.1) is 0 Å². The van der Waals surface area contributed by atoms with Crippen LogP contribution < -0.4 is 21.1 Å². The smallest absolute Gasteiger partial charge is 0.253 e. The third-order valence-electron chi connectivity index (χ3n) is 2.93. The molecule has 1 aromatic carbocycles. The summed E-state index contributed by atoms with van der Waals surface area (Å²) < 4.78 is 11.1. The van der Waals surface area contributed by atoms with Crippen LogP contribution in [0.4, 0.5) is 0 Å². The Labute approximate surface area is 112 Å². The molecule has 1 atom stereocenters. The zero-order valence-corrected chi connectivity index (χ0v) is 11.0. The van der Waals surface area contributed by atoms with Crippen LogP contribution in [0.5, 0.6) is 11.5 Å². The molecule has 0 fully saturated rings. The minimum Gasteiger partial charge on any atom is -0.490 e. The fourth-order valence-corrected chi connectivity index (χ4v) is 1.94. The quantitative estimate of drug-likeness (QED) is 0.458. The number of amides is 1. The van der Waals surface area contributed by atoms with Crippen molar-refractivity contribution in [3.8, 4) is 11.5 Å². The van der Waals surface area contributed by atoms with E-state index in [1.165, 1.54) is 7.05 Å². The second-order valence-electron chi connectivity index (χ2n) is 4.59. The Hall–Kier alpha value is -1.79. The van der Waals surface area contributed by atoms with Gasteiger partial charge in [0.1, 0.15) is 0 Å². The first-order valence-electron chi connectivity index (χ1n) is 6.24. The second-order valence-corrected chi connectivity index (χ2v) is 4.59. The molecule has 1 aliphatic rings. The highest BCUT2D eigenvalue weighted by Crippen LogP contribution is 2.30. The normalized spacial score (nSPS) is 15.5. The molecule has 0 spiro atoms. The van der Waals surface area contributed by atoms with E-state index < -0.39 is 6.04 Å². The van der Waals surface area contributed by atoms with E-state index in [0.29, 0.717) is 25.4 Å². The molecule has 0 radical (unpaired) electrons. The first kappa shape index (κ1) is 13.6. The van der Waals surface area contributed by atoms with Crippen molar-refractivity contribution in [1.29, 1.82) is 0 Å². The van der Waals surface area contributed by atoms with E-state index >= 15 is 0 Å². The van der Waals surface area contributed by atoms with E-state index in [2.05, 4.69) is 0 Å². The maximum atomic E-state index is 11.6. The fourth-order valence-electron chi connectivity index (χ4n) is 1.94. The van der Waals surface area contributed by atoms with Crippen molar-refractivity contribution in [3.63, 3.8) is 0 Å². The molecule has 4 N–H and O–H groups in total. The lowest BCUT2D eigenvalue weighted by molar-refractivity contribution is -0.131. The van der Waals surface area contributed by atoms with Crippen molar-refractivity contribution >= 4 is 5.91 Å². The van der Waals surface area contributed by atoms with Crippen LogP contribution in [0.3, 0.4) is 0 Å². The SMILES string of the molecule is CN(N)C(=O)C(N)Cc1ccc2c(c1)OCCCO2. The minimum absolute atomic E-state index is 0.299. The largest absolute Gasteiger partial charge is 0.490 e. The molecule has 19 heavy (non-hydrogen) atoms. The predicted molar refractivity (Wildman–Crippen MR) is 70.7 cm³/mol. The molecule has 0 saturated carbocycles. The Morgan fingerprint density at radius 2 is 2.05 bits per heavy atom. The molecule has 1 unspecified atom stereocenters. The number of fused-ring (bicyclic) bond motifs is 1. The van der Waals surface area contributed by atoms with E-state index in [0.717, 1.165) is 22.7 Å². The number of rotatable bonds is 3. The van der Waals surface area contributed by atoms with Gasteiger partial charge in [-0.25, -0.2) is 5.84 Å². The van der Waals surface area contributed by atoms with Crippen LogP contribution in [0.15, 0.2) is 18.2 Å². The van der Waals surface area contributed by atoms with Crippen LogP contribution in [0.25, 0.3) is 0 Å². The van der Waals surface area contributed by atoms with Gasteiger partial charge < -0.3 is 15.2 Å². The highest BCUT2D eigenvalue weighted by Gasteiger charge is 2.18. The van der Waals surface area contributed by atoms with Gasteiger partial charge in [-0.05, 0) is 24.1 Å². The number of hydrogen-bond acceptors (Lipinski definition) is 5. The molecule has 0 aromatic heterocycles. The number of nitrogens with two attached hydrogens (primary N) is 2. The van der Waals surface area contributed by atoms with Crippen molar-refractivity contribution in [2.24, 2.45) is 11.6 Å². The zero-order chi connectivity index (χ0) is 13.8. The molecule has 1 amide bonds. The van der Waals surface area contributed by atoms with Crippen molar-refractivity contribution in [3.05, 3.63) is 23.8 Å². The summed E-state index contributed by atoms with van der Waals surface area (Å²) in [6.45, 7) is 1.29. The fraction of sp³-hybridized carbons (Fsp3) is 0.462. The van der Waals surface area contributed by atoms with Crippen molar-refractivity contribution < 1.29 is 14.3 Å². The Morgan fingerprint density at radius 3 is 2.74 bits per heavy atom. The molecule has 1 heterocycles. The number of ether oxygens (including phenoxy) is 2. The molecule has 6 heteroatoms. The van der Waals surface area contributed by atoms with E-state index in [4.69, 9.17) is 21.1 Å². The summed E-state index contributed by atoms with van der Waals surface area (Å²) in [5, 5.41) is 1.01. The topological polar surface area (TPSA) is 90.8 Å². The number of carbonyl (C=O) groups is 1. The van der Waals surface area contributed by atoms with Crippen molar-refractivity contribution in [1.82, 2.24) is 5.01 Å². The Bertz CT molecular complexity index is 462. The van der Waals surface area contributed by atoms with Crippen LogP contribution in [-0.4, -0.2) is 37.2 Å². The van der Waals surface area contributed by atoms with Gasteiger partial charge in [0.25, 0.3) is 5.91 Å². The van der Waals surface area contributed by atoms with E-state index in [-0.39, 0.29) is 5.91 Å². The Morgan fingerprint density at radius 1 is 1.37 bits per heavy atom. The van der Waals surface area contributed by atoms with Crippen LogP contribution >= 0.6 is 0 Å². The van der Waals surface area contributed by atoms with Gasteiger partial charge in [-0.3, -0.25) is 9.80 Å². The summed E-state index contributed by atoms with van der Waals surface area (Å²) >= 11 is 0. The number of hydrazine groups is 1. The summed E-state index contributed by atoms with van der Waals surface area (Å²) in [6, 6.07) is 4.95. The van der Waals surface area contributed by atoms with Gasteiger partial charge in [-0.1, -0.05) is 6.07 Å². The van der Waals surface area contributed by atoms with Gasteiger partial charge in [0.15, 0.2) is 11.5 Å². The summed E-state index contributed by atoms with van der Waals surface area (Å²) in [5.74, 6) is 6.52. The molecular weight excluding hydrogens is 246 g/mol. The maximum absolute atomic E-state index is 11.6. The average Bonchev–Trinajstić information content (AvgIpc) is 2.62. The highest BCUT2D eigenvalue weighted by atomic mass is 16.5. The lowest BCUT2D eigenvalue weighted by Gasteiger charge is -2.17. The molecule has 0 aliphatic carbocycles. The maximum Gasteiger partial charge on any atom is 0.253 e. The summed E-state index contributed by atoms with van der Waals surface area (Å²) in [6.07, 6.45) is 1.27. The number of nitrogens with zero attached hydrogens (tertiary/aromatic N) is 1. The third kappa shape index (κ3) is 3.36. The molecule has 104 valence electrons. The number of likely N-dealkylation sites (N-methyl/N-ethyl adjacent to an activating group) is 1. The van der Waals surface area contributed by atoms with Gasteiger partial charge >= 0.3 is 0 Å². The molecule has 6 nitrogen and oxygen atoms in total. The van der Waals surface area contributed by atoms with Gasteiger partial charge in [0.05, 0.1) is 19.3 Å². The number of carbonyl (C=O) groups excluding carboxylic acids is 1. The standard InChI is InChI=1S/C13H19N3O3/c1-16(15)13(17)10(14)7-9-3-4-11-12(8-9)19-6-2-5-18-11/h3-4,8,10H,2,5-7,14-15H2,1H3. The Balaban J connectivity index is 2.09. The van der Waals surface area contributed by atoms with Crippen LogP contribution in [0, 0.1) is 0 Å². The lowest BCUT2D eigenvalue weighted by atomic mass is 10.1. The van der Waals surface area contributed by atoms with E-state index in [1.54, 1.807) is 0 Å². The Kier molecular flexibility index (Phi) is 4.24. The lowest BCUT2D eigenvalue weighted by Crippen LogP contribution is -2.46. The molecular formula is C13H19N3O3. The minimum atomic E-state index is -0.653. The van der Waals surface area contributed by atoms with Gasteiger partial charge in [-0.2, -0.15) is 0 Å². The number of benzene rings is 1. The number of hydrogen-bond donors (Lipinski definition) is 2. The predicted octanol–water partition coefficient (Wildman–Crippen LogP) is 0.0498. The van der Waals surface area contributed by atoms with Crippen LogP contribution in [0.1, 0.15) is 12.0 Å². The molecule has 1 aliphatic heterocycles. The van der Waals surface area contributed by atoms with Crippen LogP contribution in [-0.2, 0) is 11.2 Å².